The second-order valence-electron chi connectivity index (χ2n) is 3.23. The van der Waals surface area contributed by atoms with Gasteiger partial charge >= 0.3 is 0 Å². The Morgan fingerprint density at radius 2 is 2.28 bits per heavy atom. The molecule has 0 saturated heterocycles. The zero-order valence-corrected chi connectivity index (χ0v) is 9.51. The summed E-state index contributed by atoms with van der Waals surface area (Å²) >= 11 is 5.72. The summed E-state index contributed by atoms with van der Waals surface area (Å²) in [5.41, 5.74) is 0.0337. The zero-order chi connectivity index (χ0) is 13.1. The molecule has 2 rings (SSSR count). The lowest BCUT2D eigenvalue weighted by Gasteiger charge is -2.03. The van der Waals surface area contributed by atoms with E-state index in [1.54, 1.807) is 0 Å². The number of carbonyl (C=O) groups is 1. The third-order valence-corrected chi connectivity index (χ3v) is 2.34. The van der Waals surface area contributed by atoms with Gasteiger partial charge in [-0.25, -0.2) is 4.98 Å². The van der Waals surface area contributed by atoms with Gasteiger partial charge in [-0.15, -0.1) is 0 Å². The minimum atomic E-state index is -0.655. The normalized spacial score (nSPS) is 10.1. The maximum absolute atomic E-state index is 11.8. The summed E-state index contributed by atoms with van der Waals surface area (Å²) in [6, 6.07) is 1.06. The molecule has 0 saturated carbocycles. The monoisotopic (exact) mass is 267 g/mol. The molecule has 2 aromatic rings. The molecule has 0 unspecified atom stereocenters. The molecule has 2 heterocycles. The number of nitrogens with zero attached hydrogens (tertiary/aromatic N) is 3. The maximum atomic E-state index is 11.8. The Morgan fingerprint density at radius 1 is 1.50 bits per heavy atom. The molecule has 0 aromatic carbocycles. The molecule has 0 atom stereocenters. The van der Waals surface area contributed by atoms with Crippen LogP contribution in [0.4, 0.5) is 11.4 Å². The molecule has 18 heavy (non-hydrogen) atoms. The molecule has 1 amide bonds. The molecule has 2 aromatic heterocycles. The van der Waals surface area contributed by atoms with Crippen LogP contribution in [0, 0.1) is 10.1 Å². The van der Waals surface area contributed by atoms with Crippen molar-refractivity contribution < 1.29 is 9.72 Å². The van der Waals surface area contributed by atoms with Crippen molar-refractivity contribution >= 4 is 28.9 Å². The Labute approximate surface area is 105 Å². The molecule has 8 nitrogen and oxygen atoms in total. The predicted molar refractivity (Wildman–Crippen MR) is 62.4 cm³/mol. The number of carbonyl (C=O) groups excluding carboxylic acids is 1. The van der Waals surface area contributed by atoms with Crippen LogP contribution >= 0.6 is 11.6 Å². The highest BCUT2D eigenvalue weighted by atomic mass is 35.5. The van der Waals surface area contributed by atoms with Gasteiger partial charge in [0.1, 0.15) is 11.3 Å². The van der Waals surface area contributed by atoms with Gasteiger partial charge in [-0.3, -0.25) is 20.0 Å². The van der Waals surface area contributed by atoms with E-state index in [0.717, 1.165) is 12.3 Å². The van der Waals surface area contributed by atoms with E-state index < -0.39 is 10.8 Å². The first kappa shape index (κ1) is 12.0. The van der Waals surface area contributed by atoms with Gasteiger partial charge in [0.25, 0.3) is 11.6 Å². The quantitative estimate of drug-likeness (QED) is 0.498. The molecule has 0 aliphatic carbocycles. The van der Waals surface area contributed by atoms with Crippen LogP contribution in [0.5, 0.6) is 0 Å². The molecular formula is C9H6ClN5O3. The smallest absolute Gasteiger partial charge is 0.288 e. The second-order valence-corrected chi connectivity index (χ2v) is 3.59. The van der Waals surface area contributed by atoms with Crippen molar-refractivity contribution in [3.05, 3.63) is 45.5 Å². The highest BCUT2D eigenvalue weighted by Gasteiger charge is 2.17. The molecule has 9 heteroatoms. The molecule has 0 aliphatic heterocycles. The van der Waals surface area contributed by atoms with Crippen LogP contribution < -0.4 is 5.32 Å². The van der Waals surface area contributed by atoms with Crippen LogP contribution in [-0.4, -0.2) is 26.0 Å². The summed E-state index contributed by atoms with van der Waals surface area (Å²) in [5, 5.41) is 19.1. The highest BCUT2D eigenvalue weighted by Crippen LogP contribution is 2.20. The van der Waals surface area contributed by atoms with Crippen LogP contribution in [0.25, 0.3) is 0 Å². The zero-order valence-electron chi connectivity index (χ0n) is 8.75. The Kier molecular flexibility index (Phi) is 3.20. The maximum Gasteiger partial charge on any atom is 0.288 e. The van der Waals surface area contributed by atoms with E-state index in [1.165, 1.54) is 12.4 Å². The van der Waals surface area contributed by atoms with E-state index in [1.807, 2.05) is 0 Å². The highest BCUT2D eigenvalue weighted by molar-refractivity contribution is 6.33. The molecule has 0 fully saturated rings. The molecule has 0 aliphatic rings. The first-order chi connectivity index (χ1) is 8.58. The molecule has 2 N–H and O–H groups in total. The predicted octanol–water partition coefficient (Wildman–Crippen LogP) is 1.62. The largest absolute Gasteiger partial charge is 0.319 e. The lowest BCUT2D eigenvalue weighted by atomic mass is 10.2. The fraction of sp³-hybridized carbons (Fsp3) is 0. The molecule has 0 bridgehead atoms. The van der Waals surface area contributed by atoms with Crippen LogP contribution in [0.1, 0.15) is 10.4 Å². The summed E-state index contributed by atoms with van der Waals surface area (Å²) in [6.45, 7) is 0. The van der Waals surface area contributed by atoms with Crippen LogP contribution in [0.2, 0.25) is 5.15 Å². The van der Waals surface area contributed by atoms with Gasteiger partial charge in [0.05, 0.1) is 22.4 Å². The number of halogens is 1. The Morgan fingerprint density at radius 3 is 2.89 bits per heavy atom. The van der Waals surface area contributed by atoms with E-state index >= 15 is 0 Å². The lowest BCUT2D eigenvalue weighted by molar-refractivity contribution is -0.385. The van der Waals surface area contributed by atoms with E-state index in [4.69, 9.17) is 11.6 Å². The number of anilines is 1. The lowest BCUT2D eigenvalue weighted by Crippen LogP contribution is -2.13. The van der Waals surface area contributed by atoms with Gasteiger partial charge in [-0.2, -0.15) is 5.10 Å². The first-order valence-electron chi connectivity index (χ1n) is 4.68. The topological polar surface area (TPSA) is 114 Å². The standard InChI is InChI=1S/C9H6ClN5O3/c10-8-7(1-6(4-11-8)15(17)18)9(16)14-5-2-12-13-3-5/h1-4H,(H,12,13)(H,14,16). The summed E-state index contributed by atoms with van der Waals surface area (Å²) < 4.78 is 0. The Bertz CT molecular complexity index is 598. The van der Waals surface area contributed by atoms with Gasteiger partial charge < -0.3 is 5.32 Å². The Hall–Kier alpha value is -2.48. The second kappa shape index (κ2) is 4.80. The van der Waals surface area contributed by atoms with E-state index in [-0.39, 0.29) is 16.4 Å². The number of pyridine rings is 1. The number of aromatic nitrogens is 3. The molecule has 0 radical (unpaired) electrons. The van der Waals surface area contributed by atoms with Crippen molar-refractivity contribution in [2.45, 2.75) is 0 Å². The number of hydrogen-bond donors (Lipinski definition) is 2. The number of hydrogen-bond acceptors (Lipinski definition) is 5. The van der Waals surface area contributed by atoms with Gasteiger partial charge in [0, 0.05) is 12.3 Å². The van der Waals surface area contributed by atoms with Crippen molar-refractivity contribution in [1.82, 2.24) is 15.2 Å². The van der Waals surface area contributed by atoms with Crippen LogP contribution in [-0.2, 0) is 0 Å². The summed E-state index contributed by atoms with van der Waals surface area (Å²) in [7, 11) is 0. The molecular weight excluding hydrogens is 262 g/mol. The van der Waals surface area contributed by atoms with Gasteiger partial charge in [-0.05, 0) is 0 Å². The van der Waals surface area contributed by atoms with Gasteiger partial charge in [-0.1, -0.05) is 11.6 Å². The fourth-order valence-corrected chi connectivity index (χ4v) is 1.40. The minimum Gasteiger partial charge on any atom is -0.319 e. The van der Waals surface area contributed by atoms with E-state index in [0.29, 0.717) is 5.69 Å². The van der Waals surface area contributed by atoms with Gasteiger partial charge in [0.2, 0.25) is 0 Å². The van der Waals surface area contributed by atoms with Crippen molar-refractivity contribution in [2.75, 3.05) is 5.32 Å². The SMILES string of the molecule is O=C(Nc1cn[nH]c1)c1cc([N+](=O)[O-])cnc1Cl. The third-order valence-electron chi connectivity index (χ3n) is 2.04. The average Bonchev–Trinajstić information content (AvgIpc) is 2.81. The summed E-state index contributed by atoms with van der Waals surface area (Å²) in [6.07, 6.45) is 3.82. The third kappa shape index (κ3) is 2.43. The van der Waals surface area contributed by atoms with Crippen molar-refractivity contribution in [2.24, 2.45) is 0 Å². The summed E-state index contributed by atoms with van der Waals surface area (Å²) in [4.78, 5) is 25.3. The molecule has 0 spiro atoms. The van der Waals surface area contributed by atoms with E-state index in [2.05, 4.69) is 20.5 Å². The number of amides is 1. The minimum absolute atomic E-state index is 0.0768. The van der Waals surface area contributed by atoms with E-state index in [9.17, 15) is 14.9 Å². The van der Waals surface area contributed by atoms with Crippen LogP contribution in [0.3, 0.4) is 0 Å². The van der Waals surface area contributed by atoms with Gasteiger partial charge in [0.15, 0.2) is 0 Å². The van der Waals surface area contributed by atoms with Crippen molar-refractivity contribution in [3.8, 4) is 0 Å². The number of nitrogens with one attached hydrogen (secondary N) is 2. The fourth-order valence-electron chi connectivity index (χ4n) is 1.21. The first-order valence-corrected chi connectivity index (χ1v) is 5.06. The number of nitro groups is 1. The average molecular weight is 268 g/mol. The summed E-state index contributed by atoms with van der Waals surface area (Å²) in [5.74, 6) is -0.599. The molecule has 92 valence electrons. The number of rotatable bonds is 3. The van der Waals surface area contributed by atoms with Crippen LogP contribution in [0.15, 0.2) is 24.7 Å². The van der Waals surface area contributed by atoms with Crippen molar-refractivity contribution in [3.63, 3.8) is 0 Å². The Balaban J connectivity index is 2.29. The number of H-pyrrole nitrogens is 1. The van der Waals surface area contributed by atoms with Crippen molar-refractivity contribution in [1.29, 1.82) is 0 Å². The number of aromatic amines is 1.